The van der Waals surface area contributed by atoms with Gasteiger partial charge < -0.3 is 24.1 Å². The molecule has 2 rings (SSSR count). The summed E-state index contributed by atoms with van der Waals surface area (Å²) in [6.45, 7) is 3.26. The summed E-state index contributed by atoms with van der Waals surface area (Å²) in [5, 5.41) is 9.43. The van der Waals surface area contributed by atoms with Gasteiger partial charge in [0, 0.05) is 13.0 Å². The third-order valence-corrected chi connectivity index (χ3v) is 3.83. The van der Waals surface area contributed by atoms with Crippen molar-refractivity contribution in [3.05, 3.63) is 11.8 Å². The molecule has 0 saturated carbocycles. The van der Waals surface area contributed by atoms with Crippen LogP contribution in [0.25, 0.3) is 0 Å². The third-order valence-electron chi connectivity index (χ3n) is 3.83. The molecule has 0 aromatic rings. The molecule has 1 spiro atoms. The van der Waals surface area contributed by atoms with Crippen LogP contribution < -0.4 is 0 Å². The van der Waals surface area contributed by atoms with Crippen molar-refractivity contribution < 1.29 is 33.6 Å². The van der Waals surface area contributed by atoms with Gasteiger partial charge in [-0.05, 0) is 6.92 Å². The molecule has 0 radical (unpaired) electrons. The van der Waals surface area contributed by atoms with E-state index in [-0.39, 0.29) is 5.76 Å². The maximum atomic E-state index is 11.5. The van der Waals surface area contributed by atoms with Gasteiger partial charge in [-0.1, -0.05) is 6.92 Å². The Morgan fingerprint density at radius 2 is 2.11 bits per heavy atom. The molecule has 106 valence electrons. The Morgan fingerprint density at radius 3 is 2.58 bits per heavy atom. The highest BCUT2D eigenvalue weighted by molar-refractivity contribution is 5.87. The van der Waals surface area contributed by atoms with Gasteiger partial charge in [-0.25, -0.2) is 4.79 Å². The van der Waals surface area contributed by atoms with Gasteiger partial charge in [-0.3, -0.25) is 4.79 Å². The average Bonchev–Trinajstić information content (AvgIpc) is 2.75. The predicted molar refractivity (Wildman–Crippen MR) is 60.7 cm³/mol. The Hall–Kier alpha value is -1.60. The average molecular weight is 272 g/mol. The Morgan fingerprint density at radius 1 is 1.47 bits per heavy atom. The van der Waals surface area contributed by atoms with Crippen molar-refractivity contribution in [1.82, 2.24) is 0 Å². The lowest BCUT2D eigenvalue weighted by molar-refractivity contribution is -0.294. The molecule has 1 fully saturated rings. The molecule has 7 nitrogen and oxygen atoms in total. The number of ether oxygens (including phenoxy) is 4. The van der Waals surface area contributed by atoms with Crippen LogP contribution in [0.4, 0.5) is 0 Å². The highest BCUT2D eigenvalue weighted by Gasteiger charge is 2.69. The molecular weight excluding hydrogens is 256 g/mol. The molecule has 0 bridgehead atoms. The molecule has 1 N–H and O–H groups in total. The number of carboxylic acids is 1. The summed E-state index contributed by atoms with van der Waals surface area (Å²) < 4.78 is 21.1. The van der Waals surface area contributed by atoms with E-state index in [0.29, 0.717) is 0 Å². The number of esters is 1. The van der Waals surface area contributed by atoms with Crippen LogP contribution in [0.3, 0.4) is 0 Å². The second-order valence-electron chi connectivity index (χ2n) is 4.73. The number of carboxylic acid groups (broad SMARTS) is 1. The third kappa shape index (κ3) is 1.73. The van der Waals surface area contributed by atoms with E-state index in [4.69, 9.17) is 18.9 Å². The van der Waals surface area contributed by atoms with Crippen LogP contribution in [0.15, 0.2) is 11.8 Å². The van der Waals surface area contributed by atoms with E-state index in [1.807, 2.05) is 0 Å². The van der Waals surface area contributed by atoms with Crippen molar-refractivity contribution in [2.45, 2.75) is 25.4 Å². The Kier molecular flexibility index (Phi) is 3.06. The topological polar surface area (TPSA) is 91.3 Å². The lowest BCUT2D eigenvalue weighted by atomic mass is 9.84. The van der Waals surface area contributed by atoms with Crippen molar-refractivity contribution in [1.29, 1.82) is 0 Å². The normalized spacial score (nSPS) is 41.3. The van der Waals surface area contributed by atoms with Crippen molar-refractivity contribution in [3.8, 4) is 0 Å². The second kappa shape index (κ2) is 4.21. The number of hydrogen-bond acceptors (Lipinski definition) is 6. The SMILES string of the molecule is COC1=CC(=O)O[C@@]12O[C@@](C)(OC)[C@@H](C)[C@@H]2C(=O)O. The number of carbonyl (C=O) groups is 2. The van der Waals surface area contributed by atoms with Gasteiger partial charge in [0.05, 0.1) is 13.2 Å². The zero-order chi connectivity index (χ0) is 14.4. The molecule has 7 heteroatoms. The van der Waals surface area contributed by atoms with E-state index in [9.17, 15) is 14.7 Å². The van der Waals surface area contributed by atoms with E-state index < -0.39 is 35.3 Å². The first-order chi connectivity index (χ1) is 8.80. The van der Waals surface area contributed by atoms with Gasteiger partial charge in [0.1, 0.15) is 5.92 Å². The molecule has 0 amide bonds. The molecule has 2 heterocycles. The van der Waals surface area contributed by atoms with Crippen molar-refractivity contribution >= 4 is 11.9 Å². The molecule has 1 saturated heterocycles. The van der Waals surface area contributed by atoms with E-state index in [0.717, 1.165) is 6.08 Å². The first kappa shape index (κ1) is 13.8. The molecular formula is C12H16O7. The minimum absolute atomic E-state index is 0.0394. The predicted octanol–water partition coefficient (Wildman–Crippen LogP) is 0.499. The van der Waals surface area contributed by atoms with Crippen LogP contribution in [0, 0.1) is 11.8 Å². The fourth-order valence-electron chi connectivity index (χ4n) is 2.62. The van der Waals surface area contributed by atoms with Gasteiger partial charge in [-0.15, -0.1) is 0 Å². The Balaban J connectivity index is 2.53. The highest BCUT2D eigenvalue weighted by Crippen LogP contribution is 2.53. The van der Waals surface area contributed by atoms with Gasteiger partial charge in [0.15, 0.2) is 11.5 Å². The van der Waals surface area contributed by atoms with E-state index in [1.165, 1.54) is 14.2 Å². The second-order valence-corrected chi connectivity index (χ2v) is 4.73. The molecule has 19 heavy (non-hydrogen) atoms. The van der Waals surface area contributed by atoms with Crippen LogP contribution in [-0.4, -0.2) is 42.8 Å². The number of aliphatic carboxylic acids is 1. The summed E-state index contributed by atoms with van der Waals surface area (Å²) in [7, 11) is 2.73. The summed E-state index contributed by atoms with van der Waals surface area (Å²) in [6, 6.07) is 0. The number of carbonyl (C=O) groups excluding carboxylic acids is 1. The number of hydrogen-bond donors (Lipinski definition) is 1. The molecule has 0 unspecified atom stereocenters. The molecule has 0 aliphatic carbocycles. The summed E-state index contributed by atoms with van der Waals surface area (Å²) in [5.41, 5.74) is 0. The van der Waals surface area contributed by atoms with E-state index in [1.54, 1.807) is 13.8 Å². The van der Waals surface area contributed by atoms with Gasteiger partial charge >= 0.3 is 11.9 Å². The fraction of sp³-hybridized carbons (Fsp3) is 0.667. The van der Waals surface area contributed by atoms with Crippen LogP contribution in [0.1, 0.15) is 13.8 Å². The molecule has 0 aromatic carbocycles. The smallest absolute Gasteiger partial charge is 0.337 e. The lowest BCUT2D eigenvalue weighted by Crippen LogP contribution is -2.44. The maximum absolute atomic E-state index is 11.5. The zero-order valence-corrected chi connectivity index (χ0v) is 11.1. The lowest BCUT2D eigenvalue weighted by Gasteiger charge is -2.30. The molecule has 2 aliphatic rings. The molecule has 0 aromatic heterocycles. The van der Waals surface area contributed by atoms with Gasteiger partial charge in [-0.2, -0.15) is 0 Å². The standard InChI is InChI=1S/C12H16O7/c1-6-9(10(14)15)12(19-11(6,2)17-4)7(16-3)5-8(13)18-12/h5-6,9H,1-4H3,(H,14,15)/t6-,9+,11+,12+/m0/s1. The highest BCUT2D eigenvalue weighted by atomic mass is 16.8. The zero-order valence-electron chi connectivity index (χ0n) is 11.1. The summed E-state index contributed by atoms with van der Waals surface area (Å²) in [6.07, 6.45) is 1.09. The molecule has 4 atom stereocenters. The Labute approximate surface area is 110 Å². The first-order valence-electron chi connectivity index (χ1n) is 5.78. The largest absolute Gasteiger partial charge is 0.494 e. The maximum Gasteiger partial charge on any atom is 0.337 e. The monoisotopic (exact) mass is 272 g/mol. The Bertz CT molecular complexity index is 457. The first-order valence-corrected chi connectivity index (χ1v) is 5.78. The molecule has 2 aliphatic heterocycles. The van der Waals surface area contributed by atoms with Crippen LogP contribution in [-0.2, 0) is 28.5 Å². The summed E-state index contributed by atoms with van der Waals surface area (Å²) in [4.78, 5) is 23.0. The quantitative estimate of drug-likeness (QED) is 0.748. The number of methoxy groups -OCH3 is 2. The number of rotatable bonds is 3. The minimum Gasteiger partial charge on any atom is -0.494 e. The fourth-order valence-corrected chi connectivity index (χ4v) is 2.62. The van der Waals surface area contributed by atoms with Crippen LogP contribution in [0.2, 0.25) is 0 Å². The van der Waals surface area contributed by atoms with Crippen LogP contribution in [0.5, 0.6) is 0 Å². The van der Waals surface area contributed by atoms with Crippen molar-refractivity contribution in [2.24, 2.45) is 11.8 Å². The van der Waals surface area contributed by atoms with Crippen molar-refractivity contribution in [3.63, 3.8) is 0 Å². The summed E-state index contributed by atoms with van der Waals surface area (Å²) in [5.74, 6) is -6.42. The van der Waals surface area contributed by atoms with E-state index in [2.05, 4.69) is 0 Å². The van der Waals surface area contributed by atoms with Gasteiger partial charge in [0.2, 0.25) is 0 Å². The van der Waals surface area contributed by atoms with Crippen molar-refractivity contribution in [2.75, 3.05) is 14.2 Å². The van der Waals surface area contributed by atoms with Gasteiger partial charge in [0.25, 0.3) is 5.79 Å². The summed E-state index contributed by atoms with van der Waals surface area (Å²) >= 11 is 0. The minimum atomic E-state index is -1.76. The van der Waals surface area contributed by atoms with Crippen LogP contribution >= 0.6 is 0 Å². The van der Waals surface area contributed by atoms with E-state index >= 15 is 0 Å².